The van der Waals surface area contributed by atoms with Crippen LogP contribution in [0.25, 0.3) is 0 Å². The molecule has 17 heavy (non-hydrogen) atoms. The van der Waals surface area contributed by atoms with Crippen LogP contribution in [-0.4, -0.2) is 46.9 Å². The average Bonchev–Trinajstić information content (AvgIpc) is 2.65. The summed E-state index contributed by atoms with van der Waals surface area (Å²) in [6.07, 6.45) is 1.37. The van der Waals surface area contributed by atoms with Crippen LogP contribution in [0.4, 0.5) is 0 Å². The second-order valence-electron chi connectivity index (χ2n) is 3.62. The van der Waals surface area contributed by atoms with Gasteiger partial charge in [0.1, 0.15) is 11.9 Å². The Balaban J connectivity index is 3.10. The van der Waals surface area contributed by atoms with Crippen molar-refractivity contribution in [2.45, 2.75) is 31.3 Å². The Bertz CT molecular complexity index is 508. The molecule has 2 N–H and O–H groups in total. The van der Waals surface area contributed by atoms with E-state index in [1.807, 2.05) is 0 Å². The molecule has 96 valence electrons. The van der Waals surface area contributed by atoms with Crippen LogP contribution in [0.1, 0.15) is 19.2 Å². The number of carboxylic acid groups (broad SMARTS) is 1. The van der Waals surface area contributed by atoms with E-state index in [1.165, 1.54) is 13.2 Å². The molecule has 0 radical (unpaired) electrons. The van der Waals surface area contributed by atoms with Gasteiger partial charge in [0.2, 0.25) is 0 Å². The minimum atomic E-state index is -3.84. The summed E-state index contributed by atoms with van der Waals surface area (Å²) in [5.41, 5.74) is 0. The van der Waals surface area contributed by atoms with Crippen molar-refractivity contribution in [3.05, 3.63) is 12.0 Å². The molecule has 7 nitrogen and oxygen atoms in total. The molecule has 0 fully saturated rings. The minimum Gasteiger partial charge on any atom is -0.480 e. The number of hydrogen-bond donors (Lipinski definition) is 2. The maximum atomic E-state index is 12.0. The van der Waals surface area contributed by atoms with Crippen molar-refractivity contribution in [1.29, 1.82) is 0 Å². The van der Waals surface area contributed by atoms with Gasteiger partial charge in [-0.2, -0.15) is 4.31 Å². The number of H-pyrrole nitrogens is 1. The second kappa shape index (κ2) is 4.84. The van der Waals surface area contributed by atoms with E-state index < -0.39 is 22.0 Å². The van der Waals surface area contributed by atoms with Crippen molar-refractivity contribution < 1.29 is 18.3 Å². The zero-order valence-corrected chi connectivity index (χ0v) is 10.7. The van der Waals surface area contributed by atoms with Crippen molar-refractivity contribution in [1.82, 2.24) is 14.3 Å². The van der Waals surface area contributed by atoms with E-state index in [1.54, 1.807) is 13.8 Å². The van der Waals surface area contributed by atoms with Gasteiger partial charge >= 0.3 is 5.97 Å². The molecule has 0 aliphatic rings. The number of hydrogen-bond acceptors (Lipinski definition) is 4. The van der Waals surface area contributed by atoms with Crippen LogP contribution in [-0.2, 0) is 14.8 Å². The van der Waals surface area contributed by atoms with Gasteiger partial charge in [-0.1, -0.05) is 6.92 Å². The summed E-state index contributed by atoms with van der Waals surface area (Å²) in [6, 6.07) is -1.08. The first-order valence-electron chi connectivity index (χ1n) is 5.03. The largest absolute Gasteiger partial charge is 0.480 e. The number of sulfonamides is 1. The van der Waals surface area contributed by atoms with Gasteiger partial charge in [0.25, 0.3) is 10.0 Å². The van der Waals surface area contributed by atoms with Gasteiger partial charge in [0, 0.05) is 7.05 Å². The molecule has 0 saturated carbocycles. The number of aromatic amines is 1. The van der Waals surface area contributed by atoms with Gasteiger partial charge in [0.15, 0.2) is 5.03 Å². The molecule has 1 aromatic rings. The summed E-state index contributed by atoms with van der Waals surface area (Å²) >= 11 is 0. The molecule has 1 aromatic heterocycles. The van der Waals surface area contributed by atoms with Crippen molar-refractivity contribution >= 4 is 16.0 Å². The third-order valence-electron chi connectivity index (χ3n) is 2.45. The van der Waals surface area contributed by atoms with Crippen molar-refractivity contribution in [3.63, 3.8) is 0 Å². The molecule has 1 rings (SSSR count). The summed E-state index contributed by atoms with van der Waals surface area (Å²) in [4.78, 5) is 17.3. The van der Waals surface area contributed by atoms with Crippen LogP contribution in [0, 0.1) is 6.92 Å². The fourth-order valence-corrected chi connectivity index (χ4v) is 2.79. The highest BCUT2D eigenvalue weighted by molar-refractivity contribution is 7.89. The van der Waals surface area contributed by atoms with Crippen LogP contribution in [0.5, 0.6) is 0 Å². The quantitative estimate of drug-likeness (QED) is 0.788. The summed E-state index contributed by atoms with van der Waals surface area (Å²) in [6.45, 7) is 3.23. The first-order valence-corrected chi connectivity index (χ1v) is 6.47. The summed E-state index contributed by atoms with van der Waals surface area (Å²) in [7, 11) is -2.60. The predicted molar refractivity (Wildman–Crippen MR) is 60.0 cm³/mol. The topological polar surface area (TPSA) is 103 Å². The molecule has 0 aromatic carbocycles. The van der Waals surface area contributed by atoms with Gasteiger partial charge in [-0.3, -0.25) is 4.79 Å². The number of aliphatic carboxylic acids is 1. The van der Waals surface area contributed by atoms with E-state index in [9.17, 15) is 13.2 Å². The monoisotopic (exact) mass is 261 g/mol. The van der Waals surface area contributed by atoms with Gasteiger partial charge in [-0.15, -0.1) is 0 Å². The van der Waals surface area contributed by atoms with Crippen molar-refractivity contribution in [2.24, 2.45) is 0 Å². The number of nitrogens with one attached hydrogen (secondary N) is 1. The summed E-state index contributed by atoms with van der Waals surface area (Å²) < 4.78 is 24.9. The third-order valence-corrected chi connectivity index (χ3v) is 4.22. The number of imidazole rings is 1. The minimum absolute atomic E-state index is 0.0998. The normalized spacial score (nSPS) is 13.9. The lowest BCUT2D eigenvalue weighted by molar-refractivity contribution is -0.141. The second-order valence-corrected chi connectivity index (χ2v) is 5.58. The van der Waals surface area contributed by atoms with Crippen LogP contribution in [0.3, 0.4) is 0 Å². The van der Waals surface area contributed by atoms with Gasteiger partial charge < -0.3 is 10.1 Å². The lowest BCUT2D eigenvalue weighted by Crippen LogP contribution is -2.42. The highest BCUT2D eigenvalue weighted by Crippen LogP contribution is 2.16. The molecule has 1 heterocycles. The zero-order valence-electron chi connectivity index (χ0n) is 9.84. The number of rotatable bonds is 5. The SMILES string of the molecule is CCC(C(=O)O)N(C)S(=O)(=O)c1cnc(C)[nH]1. The van der Waals surface area contributed by atoms with E-state index in [2.05, 4.69) is 9.97 Å². The first kappa shape index (κ1) is 13.7. The van der Waals surface area contributed by atoms with Gasteiger partial charge in [-0.05, 0) is 13.3 Å². The van der Waals surface area contributed by atoms with Crippen LogP contribution in [0.15, 0.2) is 11.2 Å². The van der Waals surface area contributed by atoms with Crippen molar-refractivity contribution in [3.8, 4) is 0 Å². The number of carbonyl (C=O) groups is 1. The van der Waals surface area contributed by atoms with Crippen LogP contribution < -0.4 is 0 Å². The molecule has 8 heteroatoms. The number of aryl methyl sites for hydroxylation is 1. The first-order chi connectivity index (χ1) is 7.80. The molecule has 1 atom stereocenters. The standard InChI is InChI=1S/C9H15N3O4S/c1-4-7(9(13)14)12(3)17(15,16)8-5-10-6(2)11-8/h5,7H,4H2,1-3H3,(H,10,11)(H,13,14). The highest BCUT2D eigenvalue weighted by atomic mass is 32.2. The third kappa shape index (κ3) is 2.64. The molecular weight excluding hydrogens is 246 g/mol. The molecule has 0 bridgehead atoms. The van der Waals surface area contributed by atoms with Gasteiger partial charge in [0.05, 0.1) is 6.20 Å². The van der Waals surface area contributed by atoms with E-state index in [0.717, 1.165) is 4.31 Å². The number of nitrogens with zero attached hydrogens (tertiary/aromatic N) is 2. The molecule has 1 unspecified atom stereocenters. The predicted octanol–water partition coefficient (Wildman–Crippen LogP) is 0.202. The van der Waals surface area contributed by atoms with Crippen LogP contribution in [0.2, 0.25) is 0 Å². The lowest BCUT2D eigenvalue weighted by Gasteiger charge is -2.22. The van der Waals surface area contributed by atoms with E-state index in [0.29, 0.717) is 5.82 Å². The maximum absolute atomic E-state index is 12.0. The average molecular weight is 261 g/mol. The molecule has 0 amide bonds. The molecular formula is C9H15N3O4S. The molecule has 0 saturated heterocycles. The fraction of sp³-hybridized carbons (Fsp3) is 0.556. The fourth-order valence-electron chi connectivity index (χ4n) is 1.44. The summed E-state index contributed by atoms with van der Waals surface area (Å²) in [5, 5.41) is 8.83. The Hall–Kier alpha value is -1.41. The Morgan fingerprint density at radius 3 is 2.59 bits per heavy atom. The molecule has 0 spiro atoms. The number of aromatic nitrogens is 2. The number of carboxylic acids is 1. The van der Waals surface area contributed by atoms with Crippen molar-refractivity contribution in [2.75, 3.05) is 7.05 Å². The Labute approximate surface area is 99.5 Å². The number of likely N-dealkylation sites (N-methyl/N-ethyl adjacent to an activating group) is 1. The van der Waals surface area contributed by atoms with E-state index in [4.69, 9.17) is 5.11 Å². The lowest BCUT2D eigenvalue weighted by atomic mass is 10.2. The van der Waals surface area contributed by atoms with Gasteiger partial charge in [-0.25, -0.2) is 13.4 Å². The zero-order chi connectivity index (χ0) is 13.2. The molecule has 0 aliphatic carbocycles. The summed E-state index contributed by atoms with van der Waals surface area (Å²) in [5.74, 6) is -0.713. The Morgan fingerprint density at radius 2 is 2.24 bits per heavy atom. The molecule has 0 aliphatic heterocycles. The Kier molecular flexibility index (Phi) is 3.89. The highest BCUT2D eigenvalue weighted by Gasteiger charge is 2.32. The van der Waals surface area contributed by atoms with Crippen LogP contribution >= 0.6 is 0 Å². The van der Waals surface area contributed by atoms with E-state index >= 15 is 0 Å². The Morgan fingerprint density at radius 1 is 1.65 bits per heavy atom. The van der Waals surface area contributed by atoms with E-state index in [-0.39, 0.29) is 11.4 Å². The maximum Gasteiger partial charge on any atom is 0.321 e. The smallest absolute Gasteiger partial charge is 0.321 e.